The van der Waals surface area contributed by atoms with Crippen LogP contribution in [0.3, 0.4) is 0 Å². The first-order valence-electron chi connectivity index (χ1n) is 11.1. The summed E-state index contributed by atoms with van der Waals surface area (Å²) in [5.74, 6) is -0.202. The van der Waals surface area contributed by atoms with E-state index in [2.05, 4.69) is 17.4 Å². The van der Waals surface area contributed by atoms with Gasteiger partial charge >= 0.3 is 0 Å². The summed E-state index contributed by atoms with van der Waals surface area (Å²) < 4.78 is 0. The lowest BCUT2D eigenvalue weighted by molar-refractivity contribution is -0.141. The summed E-state index contributed by atoms with van der Waals surface area (Å²) in [6.45, 7) is 0.500. The van der Waals surface area contributed by atoms with Crippen molar-refractivity contribution in [3.8, 4) is 0 Å². The van der Waals surface area contributed by atoms with E-state index in [4.69, 9.17) is 0 Å². The molecule has 1 aliphatic rings. The maximum atomic E-state index is 13.6. The third kappa shape index (κ3) is 5.17. The van der Waals surface area contributed by atoms with Crippen molar-refractivity contribution in [2.24, 2.45) is 0 Å². The zero-order chi connectivity index (χ0) is 22.2. The normalized spacial score (nSPS) is 15.0. The van der Waals surface area contributed by atoms with Crippen LogP contribution in [-0.2, 0) is 16.0 Å². The quantitative estimate of drug-likeness (QED) is 0.448. The van der Waals surface area contributed by atoms with Crippen molar-refractivity contribution in [3.63, 3.8) is 0 Å². The van der Waals surface area contributed by atoms with Crippen molar-refractivity contribution in [2.75, 3.05) is 11.9 Å². The van der Waals surface area contributed by atoms with Crippen LogP contribution in [0.2, 0.25) is 0 Å². The molecule has 0 aliphatic heterocycles. The largest absolute Gasteiger partial charge is 0.324 e. The van der Waals surface area contributed by atoms with E-state index in [0.29, 0.717) is 25.8 Å². The van der Waals surface area contributed by atoms with Gasteiger partial charge in [0.25, 0.3) is 0 Å². The first-order valence-corrected chi connectivity index (χ1v) is 12.0. The van der Waals surface area contributed by atoms with Crippen LogP contribution in [0.4, 0.5) is 5.69 Å². The Bertz CT molecular complexity index is 1040. The van der Waals surface area contributed by atoms with Gasteiger partial charge in [-0.2, -0.15) is 0 Å². The number of carbonyl (C=O) groups is 2. The third-order valence-electron chi connectivity index (χ3n) is 6.07. The molecule has 1 fully saturated rings. The highest BCUT2D eigenvalue weighted by atomic mass is 32.1. The van der Waals surface area contributed by atoms with E-state index in [1.54, 1.807) is 17.4 Å². The summed E-state index contributed by atoms with van der Waals surface area (Å²) >= 11 is 1.59. The second-order valence-electron chi connectivity index (χ2n) is 8.13. The molecule has 4 nitrogen and oxygen atoms in total. The number of hydrogen-bond acceptors (Lipinski definition) is 3. The van der Waals surface area contributed by atoms with Gasteiger partial charge in [0.2, 0.25) is 11.8 Å². The zero-order valence-corrected chi connectivity index (χ0v) is 18.9. The maximum absolute atomic E-state index is 13.6. The highest BCUT2D eigenvalue weighted by Gasteiger charge is 2.47. The summed E-state index contributed by atoms with van der Waals surface area (Å²) in [7, 11) is 0. The van der Waals surface area contributed by atoms with E-state index >= 15 is 0 Å². The van der Waals surface area contributed by atoms with E-state index in [1.165, 1.54) is 0 Å². The summed E-state index contributed by atoms with van der Waals surface area (Å²) in [4.78, 5) is 29.9. The van der Waals surface area contributed by atoms with Crippen LogP contribution in [0.25, 0.3) is 6.08 Å². The number of benzene rings is 2. The Morgan fingerprint density at radius 1 is 0.938 bits per heavy atom. The molecular formula is C27H28N2O2S. The fraction of sp³-hybridized carbons (Fsp3) is 0.259. The molecule has 0 spiro atoms. The topological polar surface area (TPSA) is 49.4 Å². The van der Waals surface area contributed by atoms with Gasteiger partial charge in [0.05, 0.1) is 0 Å². The Morgan fingerprint density at radius 2 is 1.62 bits per heavy atom. The third-order valence-corrected chi connectivity index (χ3v) is 6.91. The first kappa shape index (κ1) is 22.0. The molecule has 164 valence electrons. The van der Waals surface area contributed by atoms with Crippen molar-refractivity contribution < 1.29 is 9.59 Å². The minimum absolute atomic E-state index is 0.0906. The Kier molecular flexibility index (Phi) is 7.17. The summed E-state index contributed by atoms with van der Waals surface area (Å²) in [5.41, 5.74) is 1.08. The van der Waals surface area contributed by atoms with Crippen molar-refractivity contribution >= 4 is 34.9 Å². The lowest BCUT2D eigenvalue weighted by Crippen LogP contribution is -2.57. The van der Waals surface area contributed by atoms with Crippen LogP contribution in [0.15, 0.2) is 84.3 Å². The lowest BCUT2D eigenvalue weighted by Gasteiger charge is -2.39. The van der Waals surface area contributed by atoms with Crippen molar-refractivity contribution in [3.05, 3.63) is 94.7 Å². The highest BCUT2D eigenvalue weighted by molar-refractivity contribution is 7.10. The van der Waals surface area contributed by atoms with E-state index in [9.17, 15) is 9.59 Å². The van der Waals surface area contributed by atoms with Crippen LogP contribution >= 0.6 is 11.3 Å². The molecule has 2 amide bonds. The van der Waals surface area contributed by atoms with Crippen molar-refractivity contribution in [1.29, 1.82) is 0 Å². The van der Waals surface area contributed by atoms with Gasteiger partial charge in [-0.15, -0.1) is 11.3 Å². The van der Waals surface area contributed by atoms with Gasteiger partial charge < -0.3 is 10.2 Å². The SMILES string of the molecule is O=C(/C=C/c1cccs1)N(CCc1ccccc1)C1(C(=O)Nc2ccccc2)CCCC1. The minimum Gasteiger partial charge on any atom is -0.324 e. The Morgan fingerprint density at radius 3 is 2.28 bits per heavy atom. The molecule has 1 heterocycles. The molecule has 1 saturated carbocycles. The number of rotatable bonds is 8. The molecule has 5 heteroatoms. The van der Waals surface area contributed by atoms with Gasteiger partial charge in [-0.3, -0.25) is 9.59 Å². The number of nitrogens with zero attached hydrogens (tertiary/aromatic N) is 1. The maximum Gasteiger partial charge on any atom is 0.250 e. The summed E-state index contributed by atoms with van der Waals surface area (Å²) in [6.07, 6.45) is 7.41. The lowest BCUT2D eigenvalue weighted by atomic mass is 9.92. The smallest absolute Gasteiger partial charge is 0.250 e. The van der Waals surface area contributed by atoms with Crippen LogP contribution in [0.1, 0.15) is 36.1 Å². The average Bonchev–Trinajstić information content (AvgIpc) is 3.52. The summed E-state index contributed by atoms with van der Waals surface area (Å²) in [6, 6.07) is 23.6. The predicted molar refractivity (Wildman–Crippen MR) is 131 cm³/mol. The van der Waals surface area contributed by atoms with Gasteiger partial charge in [0.15, 0.2) is 0 Å². The van der Waals surface area contributed by atoms with Crippen LogP contribution in [0.5, 0.6) is 0 Å². The number of nitrogens with one attached hydrogen (secondary N) is 1. The molecule has 0 unspecified atom stereocenters. The number of hydrogen-bond donors (Lipinski definition) is 1. The molecule has 3 aromatic rings. The van der Waals surface area contributed by atoms with E-state index in [-0.39, 0.29) is 11.8 Å². The minimum atomic E-state index is -0.832. The molecule has 0 saturated heterocycles. The molecule has 0 radical (unpaired) electrons. The van der Waals surface area contributed by atoms with Crippen LogP contribution < -0.4 is 5.32 Å². The van der Waals surface area contributed by atoms with Gasteiger partial charge in [-0.1, -0.05) is 67.4 Å². The molecule has 0 bridgehead atoms. The van der Waals surface area contributed by atoms with Gasteiger partial charge in [0, 0.05) is 23.2 Å². The number of anilines is 1. The molecule has 1 aliphatic carbocycles. The van der Waals surface area contributed by atoms with Crippen molar-refractivity contribution in [2.45, 2.75) is 37.6 Å². The van der Waals surface area contributed by atoms with E-state index in [1.807, 2.05) is 77.0 Å². The fourth-order valence-corrected chi connectivity index (χ4v) is 5.02. The molecule has 1 N–H and O–H groups in total. The molecule has 1 aromatic heterocycles. The first-order chi connectivity index (χ1) is 15.7. The Labute approximate surface area is 193 Å². The average molecular weight is 445 g/mol. The van der Waals surface area contributed by atoms with Crippen LogP contribution in [-0.4, -0.2) is 28.8 Å². The Balaban J connectivity index is 1.61. The molecule has 0 atom stereocenters. The summed E-state index contributed by atoms with van der Waals surface area (Å²) in [5, 5.41) is 5.06. The van der Waals surface area contributed by atoms with Crippen LogP contribution in [0, 0.1) is 0 Å². The second kappa shape index (κ2) is 10.4. The standard InChI is InChI=1S/C27H28N2O2S/c30-25(16-15-24-14-9-21-32-24)29(20-17-22-10-3-1-4-11-22)27(18-7-8-19-27)26(31)28-23-12-5-2-6-13-23/h1-6,9-16,21H,7-8,17-20H2,(H,28,31)/b16-15+. The highest BCUT2D eigenvalue weighted by Crippen LogP contribution is 2.37. The van der Waals surface area contributed by atoms with Crippen molar-refractivity contribution in [1.82, 2.24) is 4.90 Å². The number of para-hydroxylation sites is 1. The predicted octanol–water partition coefficient (Wildman–Crippen LogP) is 5.78. The number of thiophene rings is 1. The molecular weight excluding hydrogens is 416 g/mol. The molecule has 32 heavy (non-hydrogen) atoms. The number of carbonyl (C=O) groups excluding carboxylic acids is 2. The monoisotopic (exact) mass is 444 g/mol. The number of amides is 2. The van der Waals surface area contributed by atoms with Gasteiger partial charge in [-0.25, -0.2) is 0 Å². The second-order valence-corrected chi connectivity index (χ2v) is 9.11. The molecule has 2 aromatic carbocycles. The molecule has 4 rings (SSSR count). The Hall–Kier alpha value is -3.18. The van der Waals surface area contributed by atoms with Gasteiger partial charge in [0.1, 0.15) is 5.54 Å². The van der Waals surface area contributed by atoms with E-state index in [0.717, 1.165) is 29.0 Å². The van der Waals surface area contributed by atoms with E-state index < -0.39 is 5.54 Å². The fourth-order valence-electron chi connectivity index (χ4n) is 4.40. The zero-order valence-electron chi connectivity index (χ0n) is 18.1. The van der Waals surface area contributed by atoms with Gasteiger partial charge in [-0.05, 0) is 54.5 Å².